The standard InChI is InChI=1S/C9H15ClO/c1-2-8(10)9(11)6-4-3-5-7-9/h2,11H,3-7H2,1H3. The van der Waals surface area contributed by atoms with Gasteiger partial charge in [-0.25, -0.2) is 0 Å². The molecule has 0 aromatic rings. The van der Waals surface area contributed by atoms with Crippen LogP contribution in [-0.4, -0.2) is 10.7 Å². The van der Waals surface area contributed by atoms with Gasteiger partial charge in [-0.2, -0.15) is 0 Å². The molecule has 0 spiro atoms. The van der Waals surface area contributed by atoms with Crippen LogP contribution in [-0.2, 0) is 0 Å². The minimum Gasteiger partial charge on any atom is -0.384 e. The van der Waals surface area contributed by atoms with Crippen LogP contribution >= 0.6 is 11.6 Å². The molecule has 0 aromatic heterocycles. The molecule has 0 aliphatic heterocycles. The van der Waals surface area contributed by atoms with E-state index in [1.807, 2.05) is 6.92 Å². The predicted octanol–water partition coefficient (Wildman–Crippen LogP) is 2.82. The maximum atomic E-state index is 9.94. The van der Waals surface area contributed by atoms with Crippen LogP contribution in [0.5, 0.6) is 0 Å². The van der Waals surface area contributed by atoms with Crippen molar-refractivity contribution < 1.29 is 5.11 Å². The molecule has 0 saturated heterocycles. The van der Waals surface area contributed by atoms with E-state index in [0.29, 0.717) is 5.03 Å². The van der Waals surface area contributed by atoms with Crippen LogP contribution in [0.15, 0.2) is 11.1 Å². The number of allylic oxidation sites excluding steroid dienone is 1. The zero-order valence-corrected chi connectivity index (χ0v) is 7.69. The SMILES string of the molecule is CC=C(Cl)C1(O)CCCCC1. The van der Waals surface area contributed by atoms with E-state index in [2.05, 4.69) is 0 Å². The molecule has 0 unspecified atom stereocenters. The van der Waals surface area contributed by atoms with Gasteiger partial charge < -0.3 is 5.11 Å². The lowest BCUT2D eigenvalue weighted by molar-refractivity contribution is 0.0466. The lowest BCUT2D eigenvalue weighted by Gasteiger charge is -2.31. The highest BCUT2D eigenvalue weighted by Crippen LogP contribution is 2.35. The molecule has 1 fully saturated rings. The first-order valence-electron chi connectivity index (χ1n) is 4.24. The molecule has 64 valence electrons. The van der Waals surface area contributed by atoms with E-state index in [1.54, 1.807) is 6.08 Å². The monoisotopic (exact) mass is 174 g/mol. The average Bonchev–Trinajstić information content (AvgIpc) is 2.04. The van der Waals surface area contributed by atoms with Gasteiger partial charge in [0, 0.05) is 5.03 Å². The maximum Gasteiger partial charge on any atom is 0.0998 e. The largest absolute Gasteiger partial charge is 0.384 e. The van der Waals surface area contributed by atoms with E-state index in [1.165, 1.54) is 6.42 Å². The fourth-order valence-electron chi connectivity index (χ4n) is 1.64. The highest BCUT2D eigenvalue weighted by atomic mass is 35.5. The predicted molar refractivity (Wildman–Crippen MR) is 47.6 cm³/mol. The van der Waals surface area contributed by atoms with Gasteiger partial charge in [0.2, 0.25) is 0 Å². The van der Waals surface area contributed by atoms with E-state index >= 15 is 0 Å². The Morgan fingerprint density at radius 2 is 1.91 bits per heavy atom. The lowest BCUT2D eigenvalue weighted by atomic mass is 9.84. The van der Waals surface area contributed by atoms with E-state index in [-0.39, 0.29) is 0 Å². The van der Waals surface area contributed by atoms with Crippen molar-refractivity contribution in [2.24, 2.45) is 0 Å². The first-order chi connectivity index (χ1) is 5.19. The summed E-state index contributed by atoms with van der Waals surface area (Å²) < 4.78 is 0. The number of hydrogen-bond acceptors (Lipinski definition) is 1. The van der Waals surface area contributed by atoms with E-state index in [0.717, 1.165) is 25.7 Å². The summed E-state index contributed by atoms with van der Waals surface area (Å²) in [7, 11) is 0. The van der Waals surface area contributed by atoms with Crippen LogP contribution in [0.2, 0.25) is 0 Å². The van der Waals surface area contributed by atoms with Gasteiger partial charge in [0.05, 0.1) is 5.60 Å². The second-order valence-electron chi connectivity index (χ2n) is 3.23. The lowest BCUT2D eigenvalue weighted by Crippen LogP contribution is -2.31. The first-order valence-corrected chi connectivity index (χ1v) is 4.61. The molecule has 0 bridgehead atoms. The summed E-state index contributed by atoms with van der Waals surface area (Å²) in [5, 5.41) is 10.6. The molecule has 0 radical (unpaired) electrons. The first kappa shape index (κ1) is 9.08. The molecule has 1 aliphatic carbocycles. The van der Waals surface area contributed by atoms with E-state index < -0.39 is 5.60 Å². The fraction of sp³-hybridized carbons (Fsp3) is 0.778. The summed E-state index contributed by atoms with van der Waals surface area (Å²) in [6.07, 6.45) is 6.89. The molecule has 2 heteroatoms. The van der Waals surface area contributed by atoms with Gasteiger partial charge in [0.15, 0.2) is 0 Å². The van der Waals surface area contributed by atoms with Crippen molar-refractivity contribution in [1.29, 1.82) is 0 Å². The van der Waals surface area contributed by atoms with Gasteiger partial charge >= 0.3 is 0 Å². The van der Waals surface area contributed by atoms with Crippen molar-refractivity contribution in [2.75, 3.05) is 0 Å². The molecule has 1 nitrogen and oxygen atoms in total. The Kier molecular flexibility index (Phi) is 2.97. The van der Waals surface area contributed by atoms with Crippen molar-refractivity contribution >= 4 is 11.6 Å². The second-order valence-corrected chi connectivity index (χ2v) is 3.64. The zero-order valence-electron chi connectivity index (χ0n) is 6.94. The van der Waals surface area contributed by atoms with Gasteiger partial charge in [-0.3, -0.25) is 0 Å². The minimum absolute atomic E-state index is 0.622. The molecular formula is C9H15ClO. The Labute approximate surface area is 73.1 Å². The molecule has 0 atom stereocenters. The van der Waals surface area contributed by atoms with Crippen molar-refractivity contribution in [1.82, 2.24) is 0 Å². The summed E-state index contributed by atoms with van der Waals surface area (Å²) in [6.45, 7) is 1.87. The Balaban J connectivity index is 2.64. The quantitative estimate of drug-likeness (QED) is 0.648. The Bertz CT molecular complexity index is 157. The van der Waals surface area contributed by atoms with Crippen LogP contribution in [0.25, 0.3) is 0 Å². The smallest absolute Gasteiger partial charge is 0.0998 e. The molecule has 0 heterocycles. The van der Waals surface area contributed by atoms with Gasteiger partial charge in [-0.05, 0) is 19.8 Å². The molecule has 1 rings (SSSR count). The zero-order chi connectivity index (χ0) is 8.32. The summed E-state index contributed by atoms with van der Waals surface area (Å²) >= 11 is 5.90. The van der Waals surface area contributed by atoms with E-state index in [9.17, 15) is 5.11 Å². The number of halogens is 1. The van der Waals surface area contributed by atoms with Crippen molar-refractivity contribution in [3.63, 3.8) is 0 Å². The van der Waals surface area contributed by atoms with Crippen LogP contribution in [0.3, 0.4) is 0 Å². The number of hydrogen-bond donors (Lipinski definition) is 1. The topological polar surface area (TPSA) is 20.2 Å². The highest BCUT2D eigenvalue weighted by molar-refractivity contribution is 6.30. The number of aliphatic hydroxyl groups is 1. The highest BCUT2D eigenvalue weighted by Gasteiger charge is 2.31. The maximum absolute atomic E-state index is 9.94. The molecule has 1 N–H and O–H groups in total. The third-order valence-electron chi connectivity index (χ3n) is 2.38. The number of rotatable bonds is 1. The second kappa shape index (κ2) is 3.59. The summed E-state index contributed by atoms with van der Waals surface area (Å²) in [6, 6.07) is 0. The molecule has 0 aromatic carbocycles. The van der Waals surface area contributed by atoms with Gasteiger partial charge in [-0.1, -0.05) is 36.9 Å². The fourth-order valence-corrected chi connectivity index (χ4v) is 1.83. The minimum atomic E-state index is -0.686. The Hall–Kier alpha value is -0.0100. The molecule has 1 saturated carbocycles. The van der Waals surface area contributed by atoms with Crippen LogP contribution in [0.4, 0.5) is 0 Å². The van der Waals surface area contributed by atoms with Gasteiger partial charge in [0.1, 0.15) is 0 Å². The van der Waals surface area contributed by atoms with Gasteiger partial charge in [0.25, 0.3) is 0 Å². The molecule has 1 aliphatic rings. The molecule has 11 heavy (non-hydrogen) atoms. The van der Waals surface area contributed by atoms with Gasteiger partial charge in [-0.15, -0.1) is 0 Å². The van der Waals surface area contributed by atoms with E-state index in [4.69, 9.17) is 11.6 Å². The average molecular weight is 175 g/mol. The van der Waals surface area contributed by atoms with Crippen LogP contribution < -0.4 is 0 Å². The molecule has 0 amide bonds. The van der Waals surface area contributed by atoms with Crippen molar-refractivity contribution in [3.05, 3.63) is 11.1 Å². The summed E-state index contributed by atoms with van der Waals surface area (Å²) in [4.78, 5) is 0. The van der Waals surface area contributed by atoms with Crippen LogP contribution in [0.1, 0.15) is 39.0 Å². The normalized spacial score (nSPS) is 25.2. The Morgan fingerprint density at radius 3 is 2.36 bits per heavy atom. The van der Waals surface area contributed by atoms with Crippen molar-refractivity contribution in [2.45, 2.75) is 44.6 Å². The Morgan fingerprint density at radius 1 is 1.36 bits per heavy atom. The summed E-state index contributed by atoms with van der Waals surface area (Å²) in [5.41, 5.74) is -0.686. The third kappa shape index (κ3) is 1.97. The molecular weight excluding hydrogens is 160 g/mol. The third-order valence-corrected chi connectivity index (χ3v) is 2.95. The van der Waals surface area contributed by atoms with Crippen LogP contribution in [0, 0.1) is 0 Å². The summed E-state index contributed by atoms with van der Waals surface area (Å²) in [5.74, 6) is 0. The van der Waals surface area contributed by atoms with Crippen molar-refractivity contribution in [3.8, 4) is 0 Å².